The fraction of sp³-hybridized carbons (Fsp3) is 0.600. The first kappa shape index (κ1) is 15.0. The van der Waals surface area contributed by atoms with Gasteiger partial charge in [-0.25, -0.2) is 4.98 Å². The van der Waals surface area contributed by atoms with Crippen molar-refractivity contribution in [1.29, 1.82) is 0 Å². The van der Waals surface area contributed by atoms with Gasteiger partial charge in [0.2, 0.25) is 5.95 Å². The van der Waals surface area contributed by atoms with Crippen LogP contribution in [-0.2, 0) is 0 Å². The van der Waals surface area contributed by atoms with Crippen molar-refractivity contribution >= 4 is 33.3 Å². The average molecular weight is 292 g/mol. The number of nitrogens with zero attached hydrogens (tertiary/aromatic N) is 2. The van der Waals surface area contributed by atoms with Crippen LogP contribution in [0.3, 0.4) is 0 Å². The van der Waals surface area contributed by atoms with Gasteiger partial charge in [0.1, 0.15) is 10.6 Å². The maximum Gasteiger partial charge on any atom is 0.226 e. The van der Waals surface area contributed by atoms with Gasteiger partial charge in [-0.1, -0.05) is 13.8 Å². The highest BCUT2D eigenvalue weighted by Gasteiger charge is 2.11. The van der Waals surface area contributed by atoms with Gasteiger partial charge in [0.15, 0.2) is 0 Å². The number of aromatic nitrogens is 2. The lowest BCUT2D eigenvalue weighted by Crippen LogP contribution is -2.17. The number of nitrogens with one attached hydrogen (secondary N) is 2. The van der Waals surface area contributed by atoms with Crippen molar-refractivity contribution in [2.24, 2.45) is 5.92 Å². The van der Waals surface area contributed by atoms with Crippen LogP contribution in [0.2, 0.25) is 0 Å². The Morgan fingerprint density at radius 1 is 1.20 bits per heavy atom. The molecule has 0 aliphatic heterocycles. The summed E-state index contributed by atoms with van der Waals surface area (Å²) in [6.07, 6.45) is 2.38. The van der Waals surface area contributed by atoms with Crippen molar-refractivity contribution in [3.63, 3.8) is 0 Å². The summed E-state index contributed by atoms with van der Waals surface area (Å²) in [6, 6.07) is 2.51. The Hall–Kier alpha value is -1.36. The maximum absolute atomic E-state index is 4.60. The molecule has 0 bridgehead atoms. The summed E-state index contributed by atoms with van der Waals surface area (Å²) in [7, 11) is 0. The molecule has 0 amide bonds. The Labute approximate surface area is 125 Å². The van der Waals surface area contributed by atoms with E-state index >= 15 is 0 Å². The highest BCUT2D eigenvalue weighted by Crippen LogP contribution is 2.27. The van der Waals surface area contributed by atoms with E-state index in [0.717, 1.165) is 34.9 Å². The van der Waals surface area contributed by atoms with Gasteiger partial charge in [0.25, 0.3) is 0 Å². The average Bonchev–Trinajstić information content (AvgIpc) is 2.85. The second kappa shape index (κ2) is 6.88. The van der Waals surface area contributed by atoms with E-state index < -0.39 is 0 Å². The minimum atomic E-state index is 0.421. The summed E-state index contributed by atoms with van der Waals surface area (Å²) in [6.45, 7) is 9.63. The first-order valence-corrected chi connectivity index (χ1v) is 8.23. The third-order valence-corrected chi connectivity index (χ3v) is 4.03. The van der Waals surface area contributed by atoms with Crippen LogP contribution in [0.25, 0.3) is 10.2 Å². The van der Waals surface area contributed by atoms with E-state index in [1.54, 1.807) is 11.3 Å². The van der Waals surface area contributed by atoms with Crippen LogP contribution in [0.15, 0.2) is 11.4 Å². The summed E-state index contributed by atoms with van der Waals surface area (Å²) in [5.41, 5.74) is 0. The molecular weight excluding hydrogens is 268 g/mol. The monoisotopic (exact) mass is 292 g/mol. The molecule has 2 aromatic heterocycles. The summed E-state index contributed by atoms with van der Waals surface area (Å²) >= 11 is 1.66. The standard InChI is InChI=1S/C15H24N4S/c1-5-16-15-18-13(12-8-9-20-14(12)19-15)17-11(4)7-6-10(2)3/h8-11H,5-7H2,1-4H3,(H2,16,17,18,19). The lowest BCUT2D eigenvalue weighted by molar-refractivity contribution is 0.527. The van der Waals surface area contributed by atoms with Gasteiger partial charge >= 0.3 is 0 Å². The number of fused-ring (bicyclic) bond motifs is 1. The van der Waals surface area contributed by atoms with Gasteiger partial charge in [0.05, 0.1) is 5.39 Å². The predicted octanol–water partition coefficient (Wildman–Crippen LogP) is 4.36. The number of hydrogen-bond acceptors (Lipinski definition) is 5. The third-order valence-electron chi connectivity index (χ3n) is 3.22. The van der Waals surface area contributed by atoms with E-state index in [-0.39, 0.29) is 0 Å². The molecule has 1 atom stereocenters. The van der Waals surface area contributed by atoms with Gasteiger partial charge in [-0.05, 0) is 44.1 Å². The van der Waals surface area contributed by atoms with Crippen LogP contribution < -0.4 is 10.6 Å². The Balaban J connectivity index is 2.16. The molecule has 2 heterocycles. The summed E-state index contributed by atoms with van der Waals surface area (Å²) < 4.78 is 0. The molecule has 0 spiro atoms. The van der Waals surface area contributed by atoms with Crippen LogP contribution >= 0.6 is 11.3 Å². The zero-order valence-electron chi connectivity index (χ0n) is 12.7. The predicted molar refractivity (Wildman–Crippen MR) is 88.7 cm³/mol. The minimum absolute atomic E-state index is 0.421. The van der Waals surface area contributed by atoms with Crippen molar-refractivity contribution in [3.05, 3.63) is 11.4 Å². The van der Waals surface area contributed by atoms with Crippen molar-refractivity contribution in [1.82, 2.24) is 9.97 Å². The molecule has 0 radical (unpaired) electrons. The number of anilines is 2. The van der Waals surface area contributed by atoms with Crippen LogP contribution in [0, 0.1) is 5.92 Å². The Morgan fingerprint density at radius 2 is 2.00 bits per heavy atom. The van der Waals surface area contributed by atoms with Crippen molar-refractivity contribution < 1.29 is 0 Å². The van der Waals surface area contributed by atoms with E-state index in [1.807, 2.05) is 0 Å². The number of rotatable bonds is 7. The third kappa shape index (κ3) is 3.82. The molecular formula is C15H24N4S. The molecule has 0 fully saturated rings. The molecule has 5 heteroatoms. The lowest BCUT2D eigenvalue weighted by Gasteiger charge is -2.17. The van der Waals surface area contributed by atoms with Crippen LogP contribution in [0.4, 0.5) is 11.8 Å². The second-order valence-corrected chi connectivity index (χ2v) is 6.48. The Morgan fingerprint density at radius 3 is 2.70 bits per heavy atom. The van der Waals surface area contributed by atoms with Crippen LogP contribution in [-0.4, -0.2) is 22.6 Å². The molecule has 0 aliphatic carbocycles. The number of thiophene rings is 1. The topological polar surface area (TPSA) is 49.8 Å². The van der Waals surface area contributed by atoms with Crippen molar-refractivity contribution in [2.45, 2.75) is 46.6 Å². The molecule has 2 N–H and O–H groups in total. The fourth-order valence-corrected chi connectivity index (χ4v) is 2.86. The van der Waals surface area contributed by atoms with Gasteiger partial charge < -0.3 is 10.6 Å². The molecule has 0 aliphatic rings. The molecule has 110 valence electrons. The molecule has 4 nitrogen and oxygen atoms in total. The normalized spacial score (nSPS) is 12.8. The zero-order chi connectivity index (χ0) is 14.5. The second-order valence-electron chi connectivity index (χ2n) is 5.58. The fourth-order valence-electron chi connectivity index (χ4n) is 2.09. The van der Waals surface area contributed by atoms with E-state index in [0.29, 0.717) is 12.0 Å². The van der Waals surface area contributed by atoms with Crippen molar-refractivity contribution in [3.8, 4) is 0 Å². The highest BCUT2D eigenvalue weighted by atomic mass is 32.1. The molecule has 0 saturated heterocycles. The van der Waals surface area contributed by atoms with Gasteiger partial charge in [-0.2, -0.15) is 4.98 Å². The summed E-state index contributed by atoms with van der Waals surface area (Å²) in [5, 5.41) is 9.93. The van der Waals surface area contributed by atoms with E-state index in [9.17, 15) is 0 Å². The number of hydrogen-bond donors (Lipinski definition) is 2. The van der Waals surface area contributed by atoms with Crippen LogP contribution in [0.1, 0.15) is 40.5 Å². The first-order chi connectivity index (χ1) is 9.60. The lowest BCUT2D eigenvalue weighted by atomic mass is 10.0. The quantitative estimate of drug-likeness (QED) is 0.796. The summed E-state index contributed by atoms with van der Waals surface area (Å²) in [4.78, 5) is 10.2. The van der Waals surface area contributed by atoms with Gasteiger partial charge in [-0.3, -0.25) is 0 Å². The molecule has 2 aromatic rings. The largest absolute Gasteiger partial charge is 0.367 e. The Bertz CT molecular complexity index is 550. The maximum atomic E-state index is 4.60. The van der Waals surface area contributed by atoms with Crippen LogP contribution in [0.5, 0.6) is 0 Å². The smallest absolute Gasteiger partial charge is 0.226 e. The zero-order valence-corrected chi connectivity index (χ0v) is 13.5. The van der Waals surface area contributed by atoms with Gasteiger partial charge in [-0.15, -0.1) is 11.3 Å². The molecule has 1 unspecified atom stereocenters. The van der Waals surface area contributed by atoms with Crippen molar-refractivity contribution in [2.75, 3.05) is 17.2 Å². The van der Waals surface area contributed by atoms with E-state index in [2.05, 4.69) is 59.7 Å². The van der Waals surface area contributed by atoms with Gasteiger partial charge in [0, 0.05) is 12.6 Å². The Kier molecular flexibility index (Phi) is 5.17. The van der Waals surface area contributed by atoms with E-state index in [4.69, 9.17) is 0 Å². The van der Waals surface area contributed by atoms with E-state index in [1.165, 1.54) is 6.42 Å². The SMILES string of the molecule is CCNc1nc(NC(C)CCC(C)C)c2ccsc2n1. The molecule has 0 saturated carbocycles. The molecule has 2 rings (SSSR count). The summed E-state index contributed by atoms with van der Waals surface area (Å²) in [5.74, 6) is 2.40. The minimum Gasteiger partial charge on any atom is -0.367 e. The first-order valence-electron chi connectivity index (χ1n) is 7.35. The highest BCUT2D eigenvalue weighted by molar-refractivity contribution is 7.16. The molecule has 0 aromatic carbocycles. The molecule has 20 heavy (non-hydrogen) atoms.